The van der Waals surface area contributed by atoms with Crippen LogP contribution in [-0.2, 0) is 13.1 Å². The SMILES string of the molecule is CC(C)NCc1ccc(Cn2c(=O)oc3cccnc32)o1. The number of pyridine rings is 1. The average Bonchev–Trinajstić information content (AvgIpc) is 3.02. The molecule has 110 valence electrons. The number of rotatable bonds is 5. The van der Waals surface area contributed by atoms with Gasteiger partial charge in [-0.05, 0) is 24.3 Å². The van der Waals surface area contributed by atoms with E-state index in [0.29, 0.717) is 36.1 Å². The lowest BCUT2D eigenvalue weighted by Crippen LogP contribution is -2.21. The Morgan fingerprint density at radius 2 is 2.05 bits per heavy atom. The van der Waals surface area contributed by atoms with Gasteiger partial charge in [0.05, 0.1) is 13.1 Å². The van der Waals surface area contributed by atoms with Gasteiger partial charge < -0.3 is 14.2 Å². The Hall–Kier alpha value is -2.34. The molecule has 0 saturated carbocycles. The van der Waals surface area contributed by atoms with Crippen molar-refractivity contribution in [1.82, 2.24) is 14.9 Å². The summed E-state index contributed by atoms with van der Waals surface area (Å²) in [6.07, 6.45) is 1.63. The van der Waals surface area contributed by atoms with E-state index in [0.717, 1.165) is 5.76 Å². The predicted octanol–water partition coefficient (Wildman–Crippen LogP) is 2.13. The number of nitrogens with one attached hydrogen (secondary N) is 1. The van der Waals surface area contributed by atoms with Gasteiger partial charge in [0.2, 0.25) is 0 Å². The van der Waals surface area contributed by atoms with Crippen LogP contribution >= 0.6 is 0 Å². The highest BCUT2D eigenvalue weighted by Crippen LogP contribution is 2.13. The Bertz CT molecular complexity index is 798. The van der Waals surface area contributed by atoms with Gasteiger partial charge in [0.25, 0.3) is 0 Å². The largest absolute Gasteiger partial charge is 0.463 e. The van der Waals surface area contributed by atoms with Crippen molar-refractivity contribution >= 4 is 11.2 Å². The summed E-state index contributed by atoms with van der Waals surface area (Å²) in [5.41, 5.74) is 1.01. The van der Waals surface area contributed by atoms with Crippen molar-refractivity contribution in [3.63, 3.8) is 0 Å². The fourth-order valence-corrected chi connectivity index (χ4v) is 2.10. The van der Waals surface area contributed by atoms with E-state index in [-0.39, 0.29) is 0 Å². The molecule has 0 aromatic carbocycles. The molecule has 0 amide bonds. The molecule has 0 bridgehead atoms. The molecule has 0 atom stereocenters. The first-order valence-corrected chi connectivity index (χ1v) is 6.89. The molecule has 21 heavy (non-hydrogen) atoms. The zero-order valence-electron chi connectivity index (χ0n) is 12.0. The molecule has 0 radical (unpaired) electrons. The Kier molecular flexibility index (Phi) is 3.62. The van der Waals surface area contributed by atoms with Crippen LogP contribution in [0.1, 0.15) is 25.4 Å². The molecule has 6 nitrogen and oxygen atoms in total. The lowest BCUT2D eigenvalue weighted by atomic mass is 10.3. The van der Waals surface area contributed by atoms with E-state index in [1.54, 1.807) is 18.3 Å². The normalized spacial score (nSPS) is 11.6. The number of hydrogen-bond donors (Lipinski definition) is 1. The van der Waals surface area contributed by atoms with Crippen molar-refractivity contribution < 1.29 is 8.83 Å². The second-order valence-electron chi connectivity index (χ2n) is 5.18. The van der Waals surface area contributed by atoms with Crippen LogP contribution in [0.5, 0.6) is 0 Å². The van der Waals surface area contributed by atoms with Gasteiger partial charge in [-0.15, -0.1) is 0 Å². The van der Waals surface area contributed by atoms with Crippen molar-refractivity contribution in [1.29, 1.82) is 0 Å². The maximum atomic E-state index is 11.9. The van der Waals surface area contributed by atoms with Gasteiger partial charge in [-0.3, -0.25) is 4.57 Å². The maximum Gasteiger partial charge on any atom is 0.421 e. The molecule has 0 fully saturated rings. The number of aromatic nitrogens is 2. The molecule has 3 heterocycles. The van der Waals surface area contributed by atoms with Crippen LogP contribution in [0.25, 0.3) is 11.2 Å². The Morgan fingerprint density at radius 3 is 2.86 bits per heavy atom. The summed E-state index contributed by atoms with van der Waals surface area (Å²) in [4.78, 5) is 16.0. The lowest BCUT2D eigenvalue weighted by molar-refractivity contribution is 0.419. The Labute approximate surface area is 121 Å². The second kappa shape index (κ2) is 5.57. The first kappa shape index (κ1) is 13.6. The highest BCUT2D eigenvalue weighted by molar-refractivity contribution is 5.67. The third kappa shape index (κ3) is 2.90. The van der Waals surface area contributed by atoms with Crippen LogP contribution in [-0.4, -0.2) is 15.6 Å². The number of oxazole rings is 1. The van der Waals surface area contributed by atoms with Gasteiger partial charge >= 0.3 is 5.76 Å². The van der Waals surface area contributed by atoms with E-state index in [9.17, 15) is 4.79 Å². The molecule has 0 saturated heterocycles. The first-order chi connectivity index (χ1) is 10.1. The zero-order valence-corrected chi connectivity index (χ0v) is 12.0. The number of fused-ring (bicyclic) bond motifs is 1. The van der Waals surface area contributed by atoms with Gasteiger partial charge in [0.1, 0.15) is 11.5 Å². The second-order valence-corrected chi connectivity index (χ2v) is 5.18. The topological polar surface area (TPSA) is 73.2 Å². The van der Waals surface area contributed by atoms with Gasteiger partial charge in [0, 0.05) is 12.2 Å². The lowest BCUT2D eigenvalue weighted by Gasteiger charge is -2.05. The van der Waals surface area contributed by atoms with Crippen LogP contribution in [0.15, 0.2) is 44.1 Å². The smallest absolute Gasteiger partial charge is 0.421 e. The van der Waals surface area contributed by atoms with Gasteiger partial charge in [-0.1, -0.05) is 13.8 Å². The number of furan rings is 1. The monoisotopic (exact) mass is 287 g/mol. The van der Waals surface area contributed by atoms with E-state index >= 15 is 0 Å². The molecule has 0 aliphatic rings. The quantitative estimate of drug-likeness (QED) is 0.778. The van der Waals surface area contributed by atoms with Crippen LogP contribution in [0.3, 0.4) is 0 Å². The number of nitrogens with zero attached hydrogens (tertiary/aromatic N) is 2. The van der Waals surface area contributed by atoms with E-state index in [1.165, 1.54) is 4.57 Å². The summed E-state index contributed by atoms with van der Waals surface area (Å²) in [6, 6.07) is 7.62. The minimum Gasteiger partial charge on any atom is -0.463 e. The van der Waals surface area contributed by atoms with Crippen molar-refractivity contribution in [3.8, 4) is 0 Å². The van der Waals surface area contributed by atoms with E-state index in [4.69, 9.17) is 8.83 Å². The predicted molar refractivity (Wildman–Crippen MR) is 78.1 cm³/mol. The third-order valence-corrected chi connectivity index (χ3v) is 3.14. The molecule has 1 N–H and O–H groups in total. The molecule has 3 aromatic rings. The summed E-state index contributed by atoms with van der Waals surface area (Å²) in [7, 11) is 0. The molecule has 0 aliphatic carbocycles. The summed E-state index contributed by atoms with van der Waals surface area (Å²) in [5.74, 6) is 1.11. The minimum atomic E-state index is -0.429. The molecular weight excluding hydrogens is 270 g/mol. The standard InChI is InChI=1S/C15H17N3O3/c1-10(2)17-8-11-5-6-12(20-11)9-18-14-13(21-15(18)19)4-3-7-16-14/h3-7,10,17H,8-9H2,1-2H3. The van der Waals surface area contributed by atoms with E-state index in [2.05, 4.69) is 24.1 Å². The highest BCUT2D eigenvalue weighted by atomic mass is 16.4. The Balaban J connectivity index is 1.82. The van der Waals surface area contributed by atoms with Crippen LogP contribution in [0.4, 0.5) is 0 Å². The fourth-order valence-electron chi connectivity index (χ4n) is 2.10. The number of hydrogen-bond acceptors (Lipinski definition) is 5. The maximum absolute atomic E-state index is 11.9. The third-order valence-electron chi connectivity index (χ3n) is 3.14. The molecule has 0 aliphatic heterocycles. The van der Waals surface area contributed by atoms with Gasteiger partial charge in [-0.25, -0.2) is 9.78 Å². The molecule has 6 heteroatoms. The Morgan fingerprint density at radius 1 is 1.24 bits per heavy atom. The fraction of sp³-hybridized carbons (Fsp3) is 0.333. The molecule has 0 unspecified atom stereocenters. The van der Waals surface area contributed by atoms with Crippen molar-refractivity contribution in [2.75, 3.05) is 0 Å². The van der Waals surface area contributed by atoms with Crippen LogP contribution in [0.2, 0.25) is 0 Å². The first-order valence-electron chi connectivity index (χ1n) is 6.89. The van der Waals surface area contributed by atoms with E-state index in [1.807, 2.05) is 12.1 Å². The molecule has 3 rings (SSSR count). The average molecular weight is 287 g/mol. The van der Waals surface area contributed by atoms with Gasteiger partial charge in [0.15, 0.2) is 11.2 Å². The van der Waals surface area contributed by atoms with Crippen LogP contribution < -0.4 is 11.1 Å². The van der Waals surface area contributed by atoms with Crippen molar-refractivity contribution in [2.45, 2.75) is 33.0 Å². The molecular formula is C15H17N3O3. The summed E-state index contributed by atoms with van der Waals surface area (Å²) in [5, 5.41) is 3.28. The molecule has 0 spiro atoms. The summed E-state index contributed by atoms with van der Waals surface area (Å²) < 4.78 is 12.3. The summed E-state index contributed by atoms with van der Waals surface area (Å²) in [6.45, 7) is 5.13. The van der Waals surface area contributed by atoms with Gasteiger partial charge in [-0.2, -0.15) is 0 Å². The summed E-state index contributed by atoms with van der Waals surface area (Å²) >= 11 is 0. The minimum absolute atomic E-state index is 0.310. The molecule has 3 aromatic heterocycles. The van der Waals surface area contributed by atoms with Crippen molar-refractivity contribution in [3.05, 3.63) is 52.5 Å². The zero-order chi connectivity index (χ0) is 14.8. The van der Waals surface area contributed by atoms with Crippen LogP contribution in [0, 0.1) is 0 Å². The highest BCUT2D eigenvalue weighted by Gasteiger charge is 2.12. The van der Waals surface area contributed by atoms with E-state index < -0.39 is 5.76 Å². The van der Waals surface area contributed by atoms with Crippen molar-refractivity contribution in [2.24, 2.45) is 0 Å².